The highest BCUT2D eigenvalue weighted by Gasteiger charge is 2.32. The van der Waals surface area contributed by atoms with Gasteiger partial charge < -0.3 is 20.1 Å². The summed E-state index contributed by atoms with van der Waals surface area (Å²) in [6.45, 7) is 3.72. The van der Waals surface area contributed by atoms with Crippen LogP contribution in [0.2, 0.25) is 0 Å². The predicted octanol–water partition coefficient (Wildman–Crippen LogP) is 3.21. The molecule has 0 spiro atoms. The minimum atomic E-state index is -0.636. The van der Waals surface area contributed by atoms with E-state index in [2.05, 4.69) is 24.4 Å². The first kappa shape index (κ1) is 20.2. The lowest BCUT2D eigenvalue weighted by atomic mass is 9.85. The minimum absolute atomic E-state index is 0.112. The molecule has 1 aromatic carbocycles. The van der Waals surface area contributed by atoms with E-state index in [1.165, 1.54) is 17.5 Å². The maximum atomic E-state index is 12.9. The first-order valence-electron chi connectivity index (χ1n) is 10.5. The number of fused-ring (bicyclic) bond motifs is 1. The fourth-order valence-electron chi connectivity index (χ4n) is 4.58. The summed E-state index contributed by atoms with van der Waals surface area (Å²) < 4.78 is 5.40. The van der Waals surface area contributed by atoms with Gasteiger partial charge in [-0.3, -0.25) is 4.79 Å². The Hall–Kier alpha value is -1.59. The van der Waals surface area contributed by atoms with E-state index in [9.17, 15) is 9.90 Å². The van der Waals surface area contributed by atoms with Gasteiger partial charge >= 0.3 is 0 Å². The Labute approximate surface area is 163 Å². The van der Waals surface area contributed by atoms with Gasteiger partial charge in [0.25, 0.3) is 0 Å². The number of carbonyl (C=O) groups excluding carboxylic acids is 1. The molecular weight excluding hydrogens is 340 g/mol. The normalized spacial score (nSPS) is 21.6. The van der Waals surface area contributed by atoms with Gasteiger partial charge in [-0.25, -0.2) is 0 Å². The number of hydrogen-bond acceptors (Lipinski definition) is 4. The molecule has 3 rings (SSSR count). The van der Waals surface area contributed by atoms with Crippen LogP contribution in [0, 0.1) is 0 Å². The molecule has 1 aliphatic carbocycles. The summed E-state index contributed by atoms with van der Waals surface area (Å²) in [5.74, 6) is 0.975. The number of aliphatic hydroxyl groups is 1. The van der Waals surface area contributed by atoms with Crippen molar-refractivity contribution in [3.8, 4) is 5.75 Å². The van der Waals surface area contributed by atoms with E-state index in [1.807, 2.05) is 11.0 Å². The number of hydrogen-bond donors (Lipinski definition) is 2. The van der Waals surface area contributed by atoms with Crippen LogP contribution in [0.15, 0.2) is 18.2 Å². The van der Waals surface area contributed by atoms with E-state index >= 15 is 0 Å². The van der Waals surface area contributed by atoms with E-state index in [-0.39, 0.29) is 11.9 Å². The molecule has 0 saturated heterocycles. The first-order valence-corrected chi connectivity index (χ1v) is 10.5. The van der Waals surface area contributed by atoms with Crippen molar-refractivity contribution in [2.45, 2.75) is 69.9 Å². The van der Waals surface area contributed by atoms with Gasteiger partial charge in [0.2, 0.25) is 5.91 Å². The van der Waals surface area contributed by atoms with Crippen molar-refractivity contribution in [1.82, 2.24) is 10.2 Å². The summed E-state index contributed by atoms with van der Waals surface area (Å²) in [5, 5.41) is 13.9. The van der Waals surface area contributed by atoms with E-state index < -0.39 is 5.60 Å². The SMILES string of the molecule is CCCC1c2cc(OC)ccc2CCN1C(=O)CNCC1(O)CCCCC1. The Balaban J connectivity index is 1.64. The molecule has 0 radical (unpaired) electrons. The van der Waals surface area contributed by atoms with Gasteiger partial charge in [-0.05, 0) is 48.9 Å². The van der Waals surface area contributed by atoms with Crippen LogP contribution in [0.5, 0.6) is 5.75 Å². The van der Waals surface area contributed by atoms with Gasteiger partial charge in [0.05, 0.1) is 25.3 Å². The lowest BCUT2D eigenvalue weighted by molar-refractivity contribution is -0.133. The zero-order valence-electron chi connectivity index (χ0n) is 16.8. The average molecular weight is 375 g/mol. The smallest absolute Gasteiger partial charge is 0.237 e. The summed E-state index contributed by atoms with van der Waals surface area (Å²) in [5.41, 5.74) is 1.91. The standard InChI is InChI=1S/C22H34N2O3/c1-3-7-20-19-14-18(27-2)9-8-17(19)10-13-24(20)21(25)15-23-16-22(26)11-5-4-6-12-22/h8-9,14,20,23,26H,3-7,10-13,15-16H2,1-2H3. The van der Waals surface area contributed by atoms with E-state index in [0.717, 1.165) is 57.2 Å². The quantitative estimate of drug-likeness (QED) is 0.769. The molecule has 2 aliphatic rings. The predicted molar refractivity (Wildman–Crippen MR) is 107 cm³/mol. The van der Waals surface area contributed by atoms with Gasteiger partial charge in [-0.2, -0.15) is 0 Å². The van der Waals surface area contributed by atoms with Gasteiger partial charge in [0.15, 0.2) is 0 Å². The lowest BCUT2D eigenvalue weighted by Crippen LogP contribution is -2.48. The summed E-state index contributed by atoms with van der Waals surface area (Å²) in [6, 6.07) is 6.34. The Morgan fingerprint density at radius 3 is 2.81 bits per heavy atom. The van der Waals surface area contributed by atoms with Crippen molar-refractivity contribution in [2.24, 2.45) is 0 Å². The molecule has 1 aliphatic heterocycles. The molecule has 5 nitrogen and oxygen atoms in total. The maximum absolute atomic E-state index is 12.9. The summed E-state index contributed by atoms with van der Waals surface area (Å²) >= 11 is 0. The second kappa shape index (κ2) is 9.07. The van der Waals surface area contributed by atoms with Gasteiger partial charge in [0, 0.05) is 13.1 Å². The molecule has 5 heteroatoms. The number of nitrogens with one attached hydrogen (secondary N) is 1. The number of benzene rings is 1. The van der Waals surface area contributed by atoms with Crippen LogP contribution in [0.25, 0.3) is 0 Å². The monoisotopic (exact) mass is 374 g/mol. The second-order valence-corrected chi connectivity index (χ2v) is 8.09. The van der Waals surface area contributed by atoms with E-state index in [0.29, 0.717) is 13.1 Å². The summed E-state index contributed by atoms with van der Waals surface area (Å²) in [4.78, 5) is 15.0. The van der Waals surface area contributed by atoms with Gasteiger partial charge in [-0.15, -0.1) is 0 Å². The molecule has 0 aromatic heterocycles. The third-order valence-corrected chi connectivity index (χ3v) is 6.11. The molecule has 1 amide bonds. The Kier molecular flexibility index (Phi) is 6.77. The Morgan fingerprint density at radius 2 is 2.11 bits per heavy atom. The number of nitrogens with zero attached hydrogens (tertiary/aromatic N) is 1. The summed E-state index contributed by atoms with van der Waals surface area (Å²) in [7, 11) is 1.68. The zero-order valence-corrected chi connectivity index (χ0v) is 16.8. The molecule has 0 bridgehead atoms. The Bertz CT molecular complexity index is 640. The molecule has 1 fully saturated rings. The molecule has 1 aromatic rings. The molecule has 1 unspecified atom stereocenters. The minimum Gasteiger partial charge on any atom is -0.497 e. The van der Waals surface area contributed by atoms with Gasteiger partial charge in [0.1, 0.15) is 5.75 Å². The van der Waals surface area contributed by atoms with Crippen molar-refractivity contribution in [1.29, 1.82) is 0 Å². The highest BCUT2D eigenvalue weighted by molar-refractivity contribution is 5.79. The highest BCUT2D eigenvalue weighted by Crippen LogP contribution is 2.35. The average Bonchev–Trinajstić information content (AvgIpc) is 2.68. The van der Waals surface area contributed by atoms with Crippen molar-refractivity contribution in [3.05, 3.63) is 29.3 Å². The molecule has 150 valence electrons. The van der Waals surface area contributed by atoms with Crippen molar-refractivity contribution in [2.75, 3.05) is 26.7 Å². The molecule has 1 atom stereocenters. The van der Waals surface area contributed by atoms with Crippen LogP contribution in [0.1, 0.15) is 69.0 Å². The van der Waals surface area contributed by atoms with Gasteiger partial charge in [-0.1, -0.05) is 38.7 Å². The van der Waals surface area contributed by atoms with Crippen LogP contribution >= 0.6 is 0 Å². The lowest BCUT2D eigenvalue weighted by Gasteiger charge is -2.38. The third kappa shape index (κ3) is 4.82. The second-order valence-electron chi connectivity index (χ2n) is 8.09. The summed E-state index contributed by atoms with van der Waals surface area (Å²) in [6.07, 6.45) is 7.90. The van der Waals surface area contributed by atoms with Crippen LogP contribution in [0.3, 0.4) is 0 Å². The van der Waals surface area contributed by atoms with Crippen LogP contribution in [-0.4, -0.2) is 48.3 Å². The highest BCUT2D eigenvalue weighted by atomic mass is 16.5. The number of rotatable bonds is 7. The molecular formula is C22H34N2O3. The number of methoxy groups -OCH3 is 1. The number of amides is 1. The maximum Gasteiger partial charge on any atom is 0.237 e. The first-order chi connectivity index (χ1) is 13.1. The van der Waals surface area contributed by atoms with Crippen molar-refractivity contribution < 1.29 is 14.6 Å². The van der Waals surface area contributed by atoms with Crippen LogP contribution in [0.4, 0.5) is 0 Å². The molecule has 1 saturated carbocycles. The van der Waals surface area contributed by atoms with Crippen LogP contribution in [-0.2, 0) is 11.2 Å². The largest absolute Gasteiger partial charge is 0.497 e. The topological polar surface area (TPSA) is 61.8 Å². The third-order valence-electron chi connectivity index (χ3n) is 6.11. The number of carbonyl (C=O) groups is 1. The molecule has 27 heavy (non-hydrogen) atoms. The van der Waals surface area contributed by atoms with Crippen molar-refractivity contribution in [3.63, 3.8) is 0 Å². The molecule has 2 N–H and O–H groups in total. The van der Waals surface area contributed by atoms with Crippen molar-refractivity contribution >= 4 is 5.91 Å². The zero-order chi connectivity index (χ0) is 19.3. The Morgan fingerprint density at radius 1 is 1.33 bits per heavy atom. The number of ether oxygens (including phenoxy) is 1. The van der Waals surface area contributed by atoms with Crippen LogP contribution < -0.4 is 10.1 Å². The molecule has 1 heterocycles. The fraction of sp³-hybridized carbons (Fsp3) is 0.682. The fourth-order valence-corrected chi connectivity index (χ4v) is 4.58. The van der Waals surface area contributed by atoms with E-state index in [4.69, 9.17) is 4.74 Å². The van der Waals surface area contributed by atoms with E-state index in [1.54, 1.807) is 7.11 Å².